The van der Waals surface area contributed by atoms with Crippen molar-refractivity contribution < 1.29 is 12.8 Å². The third-order valence-electron chi connectivity index (χ3n) is 3.89. The van der Waals surface area contributed by atoms with Gasteiger partial charge in [-0.3, -0.25) is 5.41 Å². The van der Waals surface area contributed by atoms with Gasteiger partial charge in [0.15, 0.2) is 0 Å². The number of nitrogens with zero attached hydrogens (tertiary/aromatic N) is 2. The number of hydrogen-bond acceptors (Lipinski definition) is 6. The van der Waals surface area contributed by atoms with Crippen molar-refractivity contribution in [3.05, 3.63) is 45.5 Å². The lowest BCUT2D eigenvalue weighted by atomic mass is 10.1. The Morgan fingerprint density at radius 3 is 2.77 bits per heavy atom. The van der Waals surface area contributed by atoms with E-state index in [1.54, 1.807) is 0 Å². The van der Waals surface area contributed by atoms with Gasteiger partial charge in [0.1, 0.15) is 17.2 Å². The monoisotopic (exact) mass is 413 g/mol. The first-order valence-corrected chi connectivity index (χ1v) is 9.99. The molecule has 1 aromatic heterocycles. The van der Waals surface area contributed by atoms with Gasteiger partial charge in [-0.25, -0.2) is 17.1 Å². The third kappa shape index (κ3) is 3.14. The summed E-state index contributed by atoms with van der Waals surface area (Å²) < 4.78 is 39.0. The van der Waals surface area contributed by atoms with Crippen LogP contribution in [0.3, 0.4) is 0 Å². The number of nitrogens with one attached hydrogen (secondary N) is 2. The molecule has 1 aliphatic rings. The highest BCUT2D eigenvalue weighted by atomic mass is 35.5. The molecule has 0 radical (unpaired) electrons. The van der Waals surface area contributed by atoms with Crippen molar-refractivity contribution >= 4 is 38.9 Å². The molecule has 7 nitrogen and oxygen atoms in total. The van der Waals surface area contributed by atoms with Crippen molar-refractivity contribution in [1.29, 1.82) is 10.7 Å². The van der Waals surface area contributed by atoms with E-state index in [2.05, 4.69) is 5.32 Å². The molecule has 0 saturated carbocycles. The fourth-order valence-electron chi connectivity index (χ4n) is 2.58. The van der Waals surface area contributed by atoms with Crippen LogP contribution in [0.1, 0.15) is 10.4 Å². The largest absolute Gasteiger partial charge is 0.332 e. The Balaban J connectivity index is 2.08. The van der Waals surface area contributed by atoms with Gasteiger partial charge >= 0.3 is 0 Å². The summed E-state index contributed by atoms with van der Waals surface area (Å²) in [7, 11) is -2.54. The molecule has 0 amide bonds. The third-order valence-corrected chi connectivity index (χ3v) is 7.50. The summed E-state index contributed by atoms with van der Waals surface area (Å²) in [5.41, 5.74) is 5.21. The average molecular weight is 414 g/mol. The van der Waals surface area contributed by atoms with Crippen LogP contribution in [0.15, 0.2) is 24.3 Å². The maximum Gasteiger partial charge on any atom is 0.241 e. The second kappa shape index (κ2) is 6.21. The highest BCUT2D eigenvalue weighted by Gasteiger charge is 2.44. The molecule has 11 heteroatoms. The van der Waals surface area contributed by atoms with Crippen LogP contribution >= 0.6 is 22.9 Å². The van der Waals surface area contributed by atoms with Gasteiger partial charge in [-0.05, 0) is 29.8 Å². The van der Waals surface area contributed by atoms with Crippen LogP contribution in [0, 0.1) is 22.6 Å². The number of guanidine groups is 1. The maximum absolute atomic E-state index is 13.7. The Kier molecular flexibility index (Phi) is 4.44. The SMILES string of the molecule is CN1C(=N)N[C@](N)(c2sc(-c3cc(F)cc(C#N)c3)cc2Cl)CS1(=O)=O. The summed E-state index contributed by atoms with van der Waals surface area (Å²) in [6, 6.07) is 7.26. The average Bonchev–Trinajstić information content (AvgIpc) is 2.94. The van der Waals surface area contributed by atoms with E-state index in [0.29, 0.717) is 15.3 Å². The van der Waals surface area contributed by atoms with E-state index in [-0.39, 0.29) is 16.5 Å². The van der Waals surface area contributed by atoms with E-state index < -0.39 is 27.3 Å². The van der Waals surface area contributed by atoms with E-state index >= 15 is 0 Å². The standard InChI is InChI=1S/C15H13ClFN5O2S2/c1-22-14(19)21-15(20,7-26(22,23)24)13-11(16)5-12(25-13)9-2-8(6-18)3-10(17)4-9/h2-5H,7,20H2,1H3,(H2,19,21)/t15-/m0/s1. The molecule has 0 aliphatic carbocycles. The van der Waals surface area contributed by atoms with E-state index in [1.807, 2.05) is 6.07 Å². The van der Waals surface area contributed by atoms with Gasteiger partial charge in [-0.1, -0.05) is 11.6 Å². The number of rotatable bonds is 2. The zero-order valence-electron chi connectivity index (χ0n) is 13.4. The van der Waals surface area contributed by atoms with Crippen LogP contribution in [0.5, 0.6) is 0 Å². The van der Waals surface area contributed by atoms with Gasteiger partial charge in [-0.2, -0.15) is 5.26 Å². The minimum atomic E-state index is -3.79. The Labute approximate surface area is 158 Å². The molecule has 1 saturated heterocycles. The van der Waals surface area contributed by atoms with E-state index in [1.165, 1.54) is 25.2 Å². The van der Waals surface area contributed by atoms with Crippen LogP contribution in [0.25, 0.3) is 10.4 Å². The van der Waals surface area contributed by atoms with Crippen molar-refractivity contribution in [3.63, 3.8) is 0 Å². The molecule has 0 spiro atoms. The maximum atomic E-state index is 13.7. The second-order valence-electron chi connectivity index (χ2n) is 5.80. The van der Waals surface area contributed by atoms with E-state index in [9.17, 15) is 12.8 Å². The Morgan fingerprint density at radius 1 is 1.46 bits per heavy atom. The summed E-state index contributed by atoms with van der Waals surface area (Å²) in [5.74, 6) is -1.44. The fraction of sp³-hybridized carbons (Fsp3) is 0.200. The molecule has 26 heavy (non-hydrogen) atoms. The topological polar surface area (TPSA) is 123 Å². The molecule has 136 valence electrons. The van der Waals surface area contributed by atoms with Crippen LogP contribution < -0.4 is 11.1 Å². The summed E-state index contributed by atoms with van der Waals surface area (Å²) in [4.78, 5) is 0.828. The van der Waals surface area contributed by atoms with Crippen LogP contribution in [-0.2, 0) is 15.7 Å². The highest BCUT2D eigenvalue weighted by molar-refractivity contribution is 7.89. The first-order chi connectivity index (χ1) is 12.1. The van der Waals surface area contributed by atoms with Gasteiger partial charge < -0.3 is 11.1 Å². The van der Waals surface area contributed by atoms with Gasteiger partial charge in [0.05, 0.1) is 21.5 Å². The van der Waals surface area contributed by atoms with Crippen molar-refractivity contribution in [3.8, 4) is 16.5 Å². The van der Waals surface area contributed by atoms with Gasteiger partial charge in [0, 0.05) is 11.9 Å². The van der Waals surface area contributed by atoms with Crippen molar-refractivity contribution in [1.82, 2.24) is 9.62 Å². The Bertz CT molecular complexity index is 1060. The first kappa shape index (κ1) is 18.6. The van der Waals surface area contributed by atoms with Crippen LogP contribution in [0.4, 0.5) is 4.39 Å². The normalized spacial score (nSPS) is 22.0. The molecular weight excluding hydrogens is 401 g/mol. The van der Waals surface area contributed by atoms with Crippen molar-refractivity contribution in [2.75, 3.05) is 12.8 Å². The second-order valence-corrected chi connectivity index (χ2v) is 9.26. The zero-order valence-corrected chi connectivity index (χ0v) is 15.8. The molecule has 0 unspecified atom stereocenters. The van der Waals surface area contributed by atoms with Crippen molar-refractivity contribution in [2.24, 2.45) is 5.73 Å². The minimum Gasteiger partial charge on any atom is -0.332 e. The molecule has 1 fully saturated rings. The minimum absolute atomic E-state index is 0.148. The molecule has 4 N–H and O–H groups in total. The van der Waals surface area contributed by atoms with Gasteiger partial charge in [0.25, 0.3) is 0 Å². The first-order valence-electron chi connectivity index (χ1n) is 7.19. The number of nitriles is 1. The molecule has 0 bridgehead atoms. The van der Waals surface area contributed by atoms with Crippen LogP contribution in [-0.4, -0.2) is 31.5 Å². The molecule has 1 atom stereocenters. The quantitative estimate of drug-likeness (QED) is 0.694. The summed E-state index contributed by atoms with van der Waals surface area (Å²) in [6.45, 7) is 0. The summed E-state index contributed by atoms with van der Waals surface area (Å²) in [6.07, 6.45) is 0. The van der Waals surface area contributed by atoms with E-state index in [4.69, 9.17) is 28.0 Å². The number of sulfonamides is 1. The van der Waals surface area contributed by atoms with Gasteiger partial charge in [0.2, 0.25) is 16.0 Å². The lowest BCUT2D eigenvalue weighted by Crippen LogP contribution is -2.66. The lowest BCUT2D eigenvalue weighted by molar-refractivity contribution is 0.406. The van der Waals surface area contributed by atoms with E-state index in [0.717, 1.165) is 21.7 Å². The van der Waals surface area contributed by atoms with Crippen LogP contribution in [0.2, 0.25) is 5.02 Å². The number of hydrogen-bond donors (Lipinski definition) is 3. The number of halogens is 2. The molecule has 3 rings (SSSR count). The predicted molar refractivity (Wildman–Crippen MR) is 97.7 cm³/mol. The molecule has 1 aliphatic heterocycles. The number of benzene rings is 1. The predicted octanol–water partition coefficient (Wildman–Crippen LogP) is 1.99. The molecular formula is C15H13ClFN5O2S2. The smallest absolute Gasteiger partial charge is 0.241 e. The Hall–Kier alpha value is -2.19. The lowest BCUT2D eigenvalue weighted by Gasteiger charge is -2.39. The fourth-order valence-corrected chi connectivity index (χ4v) is 5.54. The van der Waals surface area contributed by atoms with Crippen molar-refractivity contribution in [2.45, 2.75) is 5.66 Å². The molecule has 2 heterocycles. The molecule has 2 aromatic rings. The highest BCUT2D eigenvalue weighted by Crippen LogP contribution is 2.40. The molecule has 1 aromatic carbocycles. The Morgan fingerprint density at radius 2 is 2.15 bits per heavy atom. The zero-order chi connectivity index (χ0) is 19.3. The number of thiophene rings is 1. The summed E-state index contributed by atoms with van der Waals surface area (Å²) in [5, 5.41) is 19.6. The number of nitrogens with two attached hydrogens (primary N) is 1. The van der Waals surface area contributed by atoms with Gasteiger partial charge in [-0.15, -0.1) is 11.3 Å². The summed E-state index contributed by atoms with van der Waals surface area (Å²) >= 11 is 7.34.